The molecule has 6 nitrogen and oxygen atoms in total. The lowest BCUT2D eigenvalue weighted by atomic mass is 9.95. The summed E-state index contributed by atoms with van der Waals surface area (Å²) in [5.41, 5.74) is -0.227. The van der Waals surface area contributed by atoms with E-state index in [4.69, 9.17) is 28.4 Å². The van der Waals surface area contributed by atoms with Gasteiger partial charge in [-0.15, -0.1) is 0 Å². The Morgan fingerprint density at radius 1 is 0.923 bits per heavy atom. The third-order valence-corrected chi connectivity index (χ3v) is 6.48. The van der Waals surface area contributed by atoms with Crippen molar-refractivity contribution >= 4 is 11.8 Å². The van der Waals surface area contributed by atoms with Crippen molar-refractivity contribution in [2.45, 2.75) is 67.1 Å². The standard InChI is InChI=1S/C19H28O6S/c1-12-14-15(25-19(3,22-6)18(2,21-5)24-14)16(20-4)17(23-12)26-13-10-8-7-9-11-13/h7-12,14-17H,1-6H3/t12-,14-,15+,16+,17-,18+,19+/m0/s1. The number of methoxy groups -OCH3 is 3. The van der Waals surface area contributed by atoms with Gasteiger partial charge in [-0.3, -0.25) is 0 Å². The van der Waals surface area contributed by atoms with Gasteiger partial charge < -0.3 is 28.4 Å². The fourth-order valence-electron chi connectivity index (χ4n) is 3.45. The summed E-state index contributed by atoms with van der Waals surface area (Å²) in [4.78, 5) is 1.11. The maximum Gasteiger partial charge on any atom is 0.220 e. The first-order valence-corrected chi connectivity index (χ1v) is 9.61. The molecular formula is C19H28O6S. The van der Waals surface area contributed by atoms with Gasteiger partial charge in [0.05, 0.1) is 6.10 Å². The van der Waals surface area contributed by atoms with Crippen LogP contribution >= 0.6 is 11.8 Å². The van der Waals surface area contributed by atoms with Crippen LogP contribution in [-0.2, 0) is 28.4 Å². The van der Waals surface area contributed by atoms with Crippen LogP contribution in [0, 0.1) is 0 Å². The van der Waals surface area contributed by atoms with Crippen LogP contribution in [0.2, 0.25) is 0 Å². The zero-order chi connectivity index (χ0) is 18.9. The molecule has 2 aliphatic rings. The highest BCUT2D eigenvalue weighted by atomic mass is 32.2. The van der Waals surface area contributed by atoms with E-state index in [0.29, 0.717) is 0 Å². The zero-order valence-corrected chi connectivity index (χ0v) is 16.9. The molecule has 7 heteroatoms. The van der Waals surface area contributed by atoms with Crippen LogP contribution in [-0.4, -0.2) is 62.8 Å². The predicted octanol–water partition coefficient (Wildman–Crippen LogP) is 3.05. The lowest BCUT2D eigenvalue weighted by molar-refractivity contribution is -0.469. The van der Waals surface area contributed by atoms with E-state index < -0.39 is 11.6 Å². The molecule has 7 atom stereocenters. The Bertz CT molecular complexity index is 601. The lowest BCUT2D eigenvalue weighted by Crippen LogP contribution is -2.72. The molecule has 0 radical (unpaired) electrons. The molecule has 1 aromatic rings. The molecule has 146 valence electrons. The SMILES string of the molecule is CO[C@@H]1[C@@H]2O[C@@](C)(OC)[C@](C)(OC)O[C@H]2[C@H](C)O[C@H]1Sc1ccccc1. The van der Waals surface area contributed by atoms with E-state index in [-0.39, 0.29) is 29.9 Å². The van der Waals surface area contributed by atoms with E-state index in [1.54, 1.807) is 33.1 Å². The van der Waals surface area contributed by atoms with Gasteiger partial charge in [0, 0.05) is 26.2 Å². The third-order valence-electron chi connectivity index (χ3n) is 5.32. The quantitative estimate of drug-likeness (QED) is 0.773. The molecule has 0 aliphatic carbocycles. The van der Waals surface area contributed by atoms with Gasteiger partial charge >= 0.3 is 0 Å². The van der Waals surface area contributed by atoms with Crippen molar-refractivity contribution in [2.24, 2.45) is 0 Å². The lowest BCUT2D eigenvalue weighted by Gasteiger charge is -2.56. The highest BCUT2D eigenvalue weighted by molar-refractivity contribution is 7.99. The number of benzene rings is 1. The molecular weight excluding hydrogens is 356 g/mol. The molecule has 2 heterocycles. The first-order valence-electron chi connectivity index (χ1n) is 8.73. The Labute approximate surface area is 159 Å². The van der Waals surface area contributed by atoms with E-state index in [1.165, 1.54) is 0 Å². The second-order valence-electron chi connectivity index (χ2n) is 6.81. The Balaban J connectivity index is 1.87. The molecule has 2 aliphatic heterocycles. The topological polar surface area (TPSA) is 55.4 Å². The average molecular weight is 384 g/mol. The molecule has 0 spiro atoms. The van der Waals surface area contributed by atoms with Crippen molar-refractivity contribution in [1.29, 1.82) is 0 Å². The smallest absolute Gasteiger partial charge is 0.220 e. The monoisotopic (exact) mass is 384 g/mol. The molecule has 2 fully saturated rings. The Morgan fingerprint density at radius 2 is 1.50 bits per heavy atom. The van der Waals surface area contributed by atoms with Crippen LogP contribution in [0.15, 0.2) is 35.2 Å². The molecule has 2 saturated heterocycles. The first-order chi connectivity index (χ1) is 12.4. The van der Waals surface area contributed by atoms with Crippen LogP contribution in [0.4, 0.5) is 0 Å². The van der Waals surface area contributed by atoms with Crippen LogP contribution in [0.3, 0.4) is 0 Å². The number of ether oxygens (including phenoxy) is 6. The van der Waals surface area contributed by atoms with Crippen molar-refractivity contribution in [3.63, 3.8) is 0 Å². The Kier molecular flexibility index (Phi) is 5.99. The molecule has 0 unspecified atom stereocenters. The molecule has 0 bridgehead atoms. The summed E-state index contributed by atoms with van der Waals surface area (Å²) in [6.45, 7) is 5.61. The summed E-state index contributed by atoms with van der Waals surface area (Å²) in [5, 5.41) is 0. The van der Waals surface area contributed by atoms with E-state index >= 15 is 0 Å². The van der Waals surface area contributed by atoms with Crippen molar-refractivity contribution in [3.05, 3.63) is 30.3 Å². The van der Waals surface area contributed by atoms with Crippen molar-refractivity contribution < 1.29 is 28.4 Å². The van der Waals surface area contributed by atoms with Gasteiger partial charge in [0.25, 0.3) is 0 Å². The number of fused-ring (bicyclic) bond motifs is 1. The number of rotatable bonds is 5. The summed E-state index contributed by atoms with van der Waals surface area (Å²) >= 11 is 1.62. The van der Waals surface area contributed by atoms with Gasteiger partial charge in [-0.05, 0) is 32.9 Å². The minimum absolute atomic E-state index is 0.191. The van der Waals surface area contributed by atoms with Gasteiger partial charge in [-0.2, -0.15) is 0 Å². The number of hydrogen-bond acceptors (Lipinski definition) is 7. The normalized spacial score (nSPS) is 43.1. The van der Waals surface area contributed by atoms with E-state index in [1.807, 2.05) is 39.0 Å². The van der Waals surface area contributed by atoms with Gasteiger partial charge in [0.2, 0.25) is 11.6 Å². The van der Waals surface area contributed by atoms with Crippen molar-refractivity contribution in [3.8, 4) is 0 Å². The first kappa shape index (κ1) is 20.1. The zero-order valence-electron chi connectivity index (χ0n) is 16.1. The van der Waals surface area contributed by atoms with Gasteiger partial charge in [0.15, 0.2) is 0 Å². The fourth-order valence-corrected chi connectivity index (χ4v) is 4.66. The van der Waals surface area contributed by atoms with Crippen molar-refractivity contribution in [2.75, 3.05) is 21.3 Å². The largest absolute Gasteiger partial charge is 0.375 e. The molecule has 1 aromatic carbocycles. The maximum atomic E-state index is 6.38. The third kappa shape index (κ3) is 3.42. The molecule has 26 heavy (non-hydrogen) atoms. The molecule has 0 saturated carbocycles. The summed E-state index contributed by atoms with van der Waals surface area (Å²) in [6.07, 6.45) is -1.19. The summed E-state index contributed by atoms with van der Waals surface area (Å²) < 4.78 is 35.9. The number of thioether (sulfide) groups is 1. The Morgan fingerprint density at radius 3 is 2.04 bits per heavy atom. The molecule has 0 amide bonds. The van der Waals surface area contributed by atoms with E-state index in [0.717, 1.165) is 4.90 Å². The molecule has 0 N–H and O–H groups in total. The molecule has 3 rings (SSSR count). The van der Waals surface area contributed by atoms with Crippen LogP contribution < -0.4 is 0 Å². The molecule has 0 aromatic heterocycles. The average Bonchev–Trinajstić information content (AvgIpc) is 2.64. The van der Waals surface area contributed by atoms with Crippen molar-refractivity contribution in [1.82, 2.24) is 0 Å². The summed E-state index contributed by atoms with van der Waals surface area (Å²) in [7, 11) is 4.83. The second-order valence-corrected chi connectivity index (χ2v) is 7.98. The highest BCUT2D eigenvalue weighted by Gasteiger charge is 2.61. The minimum Gasteiger partial charge on any atom is -0.375 e. The highest BCUT2D eigenvalue weighted by Crippen LogP contribution is 2.46. The maximum absolute atomic E-state index is 6.38. The second kappa shape index (κ2) is 7.75. The van der Waals surface area contributed by atoms with Crippen LogP contribution in [0.25, 0.3) is 0 Å². The Hall–Kier alpha value is -0.670. The number of hydrogen-bond donors (Lipinski definition) is 0. The van der Waals surface area contributed by atoms with Gasteiger partial charge in [-0.25, -0.2) is 0 Å². The van der Waals surface area contributed by atoms with Crippen LogP contribution in [0.1, 0.15) is 20.8 Å². The van der Waals surface area contributed by atoms with Gasteiger partial charge in [-0.1, -0.05) is 30.0 Å². The summed E-state index contributed by atoms with van der Waals surface area (Å²) in [5.74, 6) is -2.13. The van der Waals surface area contributed by atoms with Crippen LogP contribution in [0.5, 0.6) is 0 Å². The minimum atomic E-state index is -1.07. The fraction of sp³-hybridized carbons (Fsp3) is 0.684. The van der Waals surface area contributed by atoms with Gasteiger partial charge in [0.1, 0.15) is 23.7 Å². The predicted molar refractivity (Wildman–Crippen MR) is 98.0 cm³/mol. The summed E-state index contributed by atoms with van der Waals surface area (Å²) in [6, 6.07) is 10.1. The van der Waals surface area contributed by atoms with E-state index in [2.05, 4.69) is 12.1 Å². The van der Waals surface area contributed by atoms with E-state index in [9.17, 15) is 0 Å².